The lowest BCUT2D eigenvalue weighted by Gasteiger charge is -2.02. The van der Waals surface area contributed by atoms with E-state index in [0.717, 1.165) is 10.8 Å². The summed E-state index contributed by atoms with van der Waals surface area (Å²) in [6.45, 7) is 0.194. The number of hydrogen-bond acceptors (Lipinski definition) is 2. The van der Waals surface area contributed by atoms with Gasteiger partial charge in [-0.15, -0.1) is 0 Å². The molecule has 0 N–H and O–H groups in total. The van der Waals surface area contributed by atoms with E-state index in [2.05, 4.69) is 0 Å². The van der Waals surface area contributed by atoms with Gasteiger partial charge < -0.3 is 17.1 Å². The second-order valence-electron chi connectivity index (χ2n) is 4.53. The van der Waals surface area contributed by atoms with Crippen LogP contribution in [-0.2, 0) is 11.3 Å². The molecule has 4 heteroatoms. The normalized spacial score (nSPS) is 9.90. The molecule has 0 unspecified atom stereocenters. The molecular formula is C17H14ClNO2. The van der Waals surface area contributed by atoms with Gasteiger partial charge in [-0.2, -0.15) is 4.57 Å². The van der Waals surface area contributed by atoms with Gasteiger partial charge in [0.2, 0.25) is 6.54 Å². The lowest BCUT2D eigenvalue weighted by atomic mass is 10.2. The number of hydrogen-bond donors (Lipinski definition) is 0. The average Bonchev–Trinajstić information content (AvgIpc) is 2.48. The summed E-state index contributed by atoms with van der Waals surface area (Å²) < 4.78 is 7.10. The highest BCUT2D eigenvalue weighted by molar-refractivity contribution is 5.80. The van der Waals surface area contributed by atoms with E-state index >= 15 is 0 Å². The first-order valence-electron chi connectivity index (χ1n) is 6.45. The SMILES string of the molecule is O=C(C[n+]1ccc2ccccc2c1)Oc1ccccc1.[Cl-]. The molecule has 0 amide bonds. The van der Waals surface area contributed by atoms with Crippen molar-refractivity contribution >= 4 is 16.7 Å². The zero-order valence-corrected chi connectivity index (χ0v) is 12.0. The Hall–Kier alpha value is -2.39. The molecule has 0 bridgehead atoms. The van der Waals surface area contributed by atoms with E-state index in [4.69, 9.17) is 4.74 Å². The standard InChI is InChI=1S/C17H14NO2.ClH/c19-17(20-16-8-2-1-3-9-16)13-18-11-10-14-6-4-5-7-15(14)12-18;/h1-12H,13H2;1H/q+1;/p-1. The summed E-state index contributed by atoms with van der Waals surface area (Å²) in [7, 11) is 0. The van der Waals surface area contributed by atoms with Gasteiger partial charge in [-0.05, 0) is 23.6 Å². The van der Waals surface area contributed by atoms with Crippen molar-refractivity contribution in [2.24, 2.45) is 0 Å². The molecule has 0 atom stereocenters. The van der Waals surface area contributed by atoms with Gasteiger partial charge in [0.1, 0.15) is 5.75 Å². The number of carbonyl (C=O) groups excluding carboxylic acids is 1. The van der Waals surface area contributed by atoms with Crippen molar-refractivity contribution in [1.29, 1.82) is 0 Å². The molecule has 106 valence electrons. The Kier molecular flexibility index (Phi) is 4.90. The molecule has 3 nitrogen and oxygen atoms in total. The summed E-state index contributed by atoms with van der Waals surface area (Å²) in [5.74, 6) is 0.287. The van der Waals surface area contributed by atoms with Crippen LogP contribution in [0.15, 0.2) is 73.1 Å². The van der Waals surface area contributed by atoms with Crippen molar-refractivity contribution in [3.05, 3.63) is 73.1 Å². The highest BCUT2D eigenvalue weighted by atomic mass is 35.5. The predicted octanol–water partition coefficient (Wildman–Crippen LogP) is -0.263. The second-order valence-corrected chi connectivity index (χ2v) is 4.53. The number of ether oxygens (including phenoxy) is 1. The maximum Gasteiger partial charge on any atom is 0.378 e. The molecule has 1 heterocycles. The van der Waals surface area contributed by atoms with Crippen molar-refractivity contribution in [1.82, 2.24) is 0 Å². The molecule has 3 rings (SSSR count). The molecular weight excluding hydrogens is 286 g/mol. The monoisotopic (exact) mass is 299 g/mol. The number of nitrogens with zero attached hydrogens (tertiary/aromatic N) is 1. The molecule has 1 aromatic heterocycles. The number of rotatable bonds is 3. The van der Waals surface area contributed by atoms with Crippen LogP contribution in [-0.4, -0.2) is 5.97 Å². The molecule has 21 heavy (non-hydrogen) atoms. The maximum atomic E-state index is 11.9. The fraction of sp³-hybridized carbons (Fsp3) is 0.0588. The quantitative estimate of drug-likeness (QED) is 0.379. The van der Waals surface area contributed by atoms with E-state index < -0.39 is 0 Å². The third-order valence-electron chi connectivity index (χ3n) is 3.03. The molecule has 0 spiro atoms. The number of fused-ring (bicyclic) bond motifs is 1. The first kappa shape index (κ1) is 15.0. The summed E-state index contributed by atoms with van der Waals surface area (Å²) in [5.41, 5.74) is 0. The fourth-order valence-electron chi connectivity index (χ4n) is 2.08. The first-order valence-corrected chi connectivity index (χ1v) is 6.45. The molecule has 2 aromatic carbocycles. The zero-order valence-electron chi connectivity index (χ0n) is 11.3. The van der Waals surface area contributed by atoms with Gasteiger partial charge in [0.15, 0.2) is 12.4 Å². The summed E-state index contributed by atoms with van der Waals surface area (Å²) in [6.07, 6.45) is 3.83. The van der Waals surface area contributed by atoms with E-state index in [0.29, 0.717) is 5.75 Å². The maximum absolute atomic E-state index is 11.9. The van der Waals surface area contributed by atoms with Crippen molar-refractivity contribution < 1.29 is 26.5 Å². The minimum atomic E-state index is -0.281. The van der Waals surface area contributed by atoms with Gasteiger partial charge >= 0.3 is 5.97 Å². The Morgan fingerprint density at radius 2 is 1.57 bits per heavy atom. The lowest BCUT2D eigenvalue weighted by Crippen LogP contribution is -3.00. The van der Waals surface area contributed by atoms with Gasteiger partial charge in [-0.3, -0.25) is 0 Å². The molecule has 0 saturated carbocycles. The van der Waals surface area contributed by atoms with Crippen LogP contribution in [0.2, 0.25) is 0 Å². The Morgan fingerprint density at radius 3 is 2.33 bits per heavy atom. The Labute approximate surface area is 129 Å². The zero-order chi connectivity index (χ0) is 13.8. The number of pyridine rings is 1. The van der Waals surface area contributed by atoms with E-state index in [1.54, 1.807) is 12.1 Å². The van der Waals surface area contributed by atoms with E-state index in [1.165, 1.54) is 0 Å². The van der Waals surface area contributed by atoms with Crippen LogP contribution >= 0.6 is 0 Å². The molecule has 0 radical (unpaired) electrons. The minimum absolute atomic E-state index is 0. The largest absolute Gasteiger partial charge is 1.00 e. The van der Waals surface area contributed by atoms with Gasteiger partial charge in [-0.25, -0.2) is 4.79 Å². The molecule has 3 aromatic rings. The van der Waals surface area contributed by atoms with E-state index in [-0.39, 0.29) is 24.9 Å². The van der Waals surface area contributed by atoms with Gasteiger partial charge in [-0.1, -0.05) is 36.4 Å². The molecule has 0 saturated heterocycles. The number of halogens is 1. The van der Waals surface area contributed by atoms with Gasteiger partial charge in [0.25, 0.3) is 0 Å². The fourth-order valence-corrected chi connectivity index (χ4v) is 2.08. The first-order chi connectivity index (χ1) is 9.81. The van der Waals surface area contributed by atoms with Crippen LogP contribution in [0, 0.1) is 0 Å². The molecule has 0 aliphatic rings. The third kappa shape index (κ3) is 3.80. The van der Waals surface area contributed by atoms with Crippen LogP contribution in [0.3, 0.4) is 0 Å². The van der Waals surface area contributed by atoms with Crippen molar-refractivity contribution in [2.45, 2.75) is 6.54 Å². The second kappa shape index (κ2) is 6.86. The van der Waals surface area contributed by atoms with Crippen LogP contribution in [0.4, 0.5) is 0 Å². The topological polar surface area (TPSA) is 30.2 Å². The van der Waals surface area contributed by atoms with Crippen LogP contribution in [0.1, 0.15) is 0 Å². The van der Waals surface area contributed by atoms with Crippen LogP contribution in [0.5, 0.6) is 5.75 Å². The highest BCUT2D eigenvalue weighted by Crippen LogP contribution is 2.10. The highest BCUT2D eigenvalue weighted by Gasteiger charge is 2.12. The minimum Gasteiger partial charge on any atom is -1.00 e. The van der Waals surface area contributed by atoms with Crippen molar-refractivity contribution in [2.75, 3.05) is 0 Å². The summed E-state index contributed by atoms with van der Waals surface area (Å²) >= 11 is 0. The Morgan fingerprint density at radius 1 is 0.905 bits per heavy atom. The third-order valence-corrected chi connectivity index (χ3v) is 3.03. The summed E-state index contributed by atoms with van der Waals surface area (Å²) in [5, 5.41) is 2.25. The molecule has 0 fully saturated rings. The van der Waals surface area contributed by atoms with Crippen molar-refractivity contribution in [3.8, 4) is 5.75 Å². The number of esters is 1. The van der Waals surface area contributed by atoms with Crippen molar-refractivity contribution in [3.63, 3.8) is 0 Å². The smallest absolute Gasteiger partial charge is 0.378 e. The Balaban J connectivity index is 0.00000161. The number of aromatic nitrogens is 1. The summed E-state index contributed by atoms with van der Waals surface area (Å²) in [6, 6.07) is 19.1. The molecule has 0 aliphatic carbocycles. The number of para-hydroxylation sites is 1. The van der Waals surface area contributed by atoms with E-state index in [1.807, 2.05) is 65.5 Å². The van der Waals surface area contributed by atoms with Gasteiger partial charge in [0, 0.05) is 11.5 Å². The number of carbonyl (C=O) groups is 1. The lowest BCUT2D eigenvalue weighted by molar-refractivity contribution is -0.684. The predicted molar refractivity (Wildman–Crippen MR) is 76.2 cm³/mol. The van der Waals surface area contributed by atoms with E-state index in [9.17, 15) is 4.79 Å². The Bertz CT molecular complexity index is 744. The van der Waals surface area contributed by atoms with Crippen LogP contribution < -0.4 is 21.7 Å². The molecule has 0 aliphatic heterocycles. The van der Waals surface area contributed by atoms with Gasteiger partial charge in [0.05, 0.1) is 0 Å². The number of benzene rings is 2. The van der Waals surface area contributed by atoms with Crippen LogP contribution in [0.25, 0.3) is 10.8 Å². The summed E-state index contributed by atoms with van der Waals surface area (Å²) in [4.78, 5) is 11.9. The average molecular weight is 300 g/mol.